The summed E-state index contributed by atoms with van der Waals surface area (Å²) in [6.07, 6.45) is 1.46. The molecule has 29 heavy (non-hydrogen) atoms. The molecule has 0 radical (unpaired) electrons. The van der Waals surface area contributed by atoms with E-state index in [4.69, 9.17) is 4.74 Å². The number of benzene rings is 1. The largest absolute Gasteiger partial charge is 0.378 e. The lowest BCUT2D eigenvalue weighted by Crippen LogP contribution is -2.36. The number of thiazole rings is 1. The molecule has 0 unspecified atom stereocenters. The SMILES string of the molecule is CN(C)C(=O)Cn1cc(C(=O)Nc2ccc3nc(N4CCOCC4)sc3c2)nn1. The second kappa shape index (κ2) is 8.13. The first-order valence-electron chi connectivity index (χ1n) is 9.14. The monoisotopic (exact) mass is 415 g/mol. The highest BCUT2D eigenvalue weighted by Crippen LogP contribution is 2.31. The van der Waals surface area contributed by atoms with Crippen molar-refractivity contribution in [2.45, 2.75) is 6.54 Å². The minimum atomic E-state index is -0.383. The molecular formula is C18H21N7O3S. The summed E-state index contributed by atoms with van der Waals surface area (Å²) in [5.41, 5.74) is 1.69. The number of carbonyl (C=O) groups is 2. The molecule has 0 aliphatic carbocycles. The van der Waals surface area contributed by atoms with Gasteiger partial charge >= 0.3 is 0 Å². The molecule has 1 aromatic carbocycles. The molecule has 11 heteroatoms. The van der Waals surface area contributed by atoms with E-state index >= 15 is 0 Å². The fraction of sp³-hybridized carbons (Fsp3) is 0.389. The Labute approximate surface area is 171 Å². The highest BCUT2D eigenvalue weighted by molar-refractivity contribution is 7.22. The van der Waals surface area contributed by atoms with Gasteiger partial charge in [-0.2, -0.15) is 0 Å². The van der Waals surface area contributed by atoms with Crippen molar-refractivity contribution in [1.82, 2.24) is 24.9 Å². The van der Waals surface area contributed by atoms with Gasteiger partial charge in [-0.05, 0) is 18.2 Å². The summed E-state index contributed by atoms with van der Waals surface area (Å²) in [5, 5.41) is 11.5. The number of fused-ring (bicyclic) bond motifs is 1. The number of hydrogen-bond donors (Lipinski definition) is 1. The van der Waals surface area contributed by atoms with E-state index in [0.717, 1.165) is 28.4 Å². The first-order chi connectivity index (χ1) is 14.0. The Bertz CT molecular complexity index is 1040. The zero-order valence-corrected chi connectivity index (χ0v) is 17.0. The van der Waals surface area contributed by atoms with Crippen LogP contribution in [0.5, 0.6) is 0 Å². The van der Waals surface area contributed by atoms with Gasteiger partial charge in [0.05, 0.1) is 29.6 Å². The van der Waals surface area contributed by atoms with Crippen molar-refractivity contribution in [3.8, 4) is 0 Å². The van der Waals surface area contributed by atoms with Crippen molar-refractivity contribution in [3.63, 3.8) is 0 Å². The van der Waals surface area contributed by atoms with E-state index in [-0.39, 0.29) is 24.1 Å². The molecule has 1 aliphatic rings. The normalized spacial score (nSPS) is 14.2. The fourth-order valence-corrected chi connectivity index (χ4v) is 3.89. The molecule has 10 nitrogen and oxygen atoms in total. The summed E-state index contributed by atoms with van der Waals surface area (Å²) < 4.78 is 7.72. The Morgan fingerprint density at radius 2 is 2.07 bits per heavy atom. The number of carbonyl (C=O) groups excluding carboxylic acids is 2. The first-order valence-corrected chi connectivity index (χ1v) is 9.96. The van der Waals surface area contributed by atoms with Crippen LogP contribution in [-0.4, -0.2) is 77.1 Å². The molecule has 0 saturated carbocycles. The second-order valence-electron chi connectivity index (χ2n) is 6.82. The van der Waals surface area contributed by atoms with Crippen molar-refractivity contribution in [3.05, 3.63) is 30.1 Å². The van der Waals surface area contributed by atoms with Crippen LogP contribution in [0.25, 0.3) is 10.2 Å². The quantitative estimate of drug-likeness (QED) is 0.664. The highest BCUT2D eigenvalue weighted by atomic mass is 32.1. The van der Waals surface area contributed by atoms with E-state index in [1.165, 1.54) is 15.8 Å². The number of rotatable bonds is 5. The third-order valence-electron chi connectivity index (χ3n) is 4.48. The van der Waals surface area contributed by atoms with Crippen molar-refractivity contribution in [1.29, 1.82) is 0 Å². The van der Waals surface area contributed by atoms with Gasteiger partial charge < -0.3 is 19.9 Å². The first kappa shape index (κ1) is 19.3. The van der Waals surface area contributed by atoms with Gasteiger partial charge in [-0.15, -0.1) is 5.10 Å². The minimum Gasteiger partial charge on any atom is -0.378 e. The summed E-state index contributed by atoms with van der Waals surface area (Å²) >= 11 is 1.59. The van der Waals surface area contributed by atoms with Gasteiger partial charge in [0.15, 0.2) is 10.8 Å². The van der Waals surface area contributed by atoms with Crippen LogP contribution in [0.4, 0.5) is 10.8 Å². The summed E-state index contributed by atoms with van der Waals surface area (Å²) in [6, 6.07) is 5.59. The van der Waals surface area contributed by atoms with Crippen LogP contribution < -0.4 is 10.2 Å². The van der Waals surface area contributed by atoms with Gasteiger partial charge in [0.2, 0.25) is 5.91 Å². The Morgan fingerprint density at radius 3 is 2.83 bits per heavy atom. The fourth-order valence-electron chi connectivity index (χ4n) is 2.83. The maximum absolute atomic E-state index is 12.5. The number of nitrogens with one attached hydrogen (secondary N) is 1. The average molecular weight is 415 g/mol. The van der Waals surface area contributed by atoms with Crippen LogP contribution in [0.1, 0.15) is 10.5 Å². The van der Waals surface area contributed by atoms with E-state index in [2.05, 4.69) is 25.5 Å². The molecule has 1 fully saturated rings. The van der Waals surface area contributed by atoms with Crippen molar-refractivity contribution >= 4 is 44.2 Å². The van der Waals surface area contributed by atoms with Crippen LogP contribution >= 0.6 is 11.3 Å². The number of likely N-dealkylation sites (N-methyl/N-ethyl adjacent to an activating group) is 1. The summed E-state index contributed by atoms with van der Waals surface area (Å²) in [7, 11) is 3.32. The summed E-state index contributed by atoms with van der Waals surface area (Å²) in [5.74, 6) is -0.514. The lowest BCUT2D eigenvalue weighted by atomic mass is 10.3. The predicted molar refractivity (Wildman–Crippen MR) is 109 cm³/mol. The number of anilines is 2. The predicted octanol–water partition coefficient (Wildman–Crippen LogP) is 1.06. The van der Waals surface area contributed by atoms with Gasteiger partial charge in [0.1, 0.15) is 6.54 Å². The molecule has 1 N–H and O–H groups in total. The minimum absolute atomic E-state index is 0.0322. The van der Waals surface area contributed by atoms with Gasteiger partial charge in [-0.1, -0.05) is 16.6 Å². The number of ether oxygens (including phenoxy) is 1. The zero-order chi connectivity index (χ0) is 20.4. The molecule has 0 atom stereocenters. The van der Waals surface area contributed by atoms with Gasteiger partial charge in [-0.3, -0.25) is 9.59 Å². The third kappa shape index (κ3) is 4.35. The van der Waals surface area contributed by atoms with Gasteiger partial charge in [0.25, 0.3) is 5.91 Å². The van der Waals surface area contributed by atoms with E-state index in [0.29, 0.717) is 18.9 Å². The van der Waals surface area contributed by atoms with Crippen molar-refractivity contribution in [2.75, 3.05) is 50.6 Å². The molecule has 2 aromatic heterocycles. The molecule has 2 amide bonds. The Balaban J connectivity index is 1.45. The molecule has 0 spiro atoms. The lowest BCUT2D eigenvalue weighted by molar-refractivity contribution is -0.129. The molecule has 0 bridgehead atoms. The van der Waals surface area contributed by atoms with Crippen LogP contribution in [0.15, 0.2) is 24.4 Å². The number of amides is 2. The van der Waals surface area contributed by atoms with Crippen LogP contribution in [0.2, 0.25) is 0 Å². The van der Waals surface area contributed by atoms with Crippen LogP contribution in [0, 0.1) is 0 Å². The number of aromatic nitrogens is 4. The van der Waals surface area contributed by atoms with Crippen molar-refractivity contribution < 1.29 is 14.3 Å². The standard InChI is InChI=1S/C18H21N7O3S/c1-23(2)16(26)11-25-10-14(21-22-25)17(27)19-12-3-4-13-15(9-12)29-18(20-13)24-5-7-28-8-6-24/h3-4,9-10H,5-8,11H2,1-2H3,(H,19,27). The topological polar surface area (TPSA) is 105 Å². The number of nitrogens with zero attached hydrogens (tertiary/aromatic N) is 6. The molecular weight excluding hydrogens is 394 g/mol. The molecule has 152 valence electrons. The maximum atomic E-state index is 12.5. The van der Waals surface area contributed by atoms with E-state index < -0.39 is 0 Å². The smallest absolute Gasteiger partial charge is 0.277 e. The number of hydrogen-bond acceptors (Lipinski definition) is 8. The summed E-state index contributed by atoms with van der Waals surface area (Å²) in [6.45, 7) is 3.10. The highest BCUT2D eigenvalue weighted by Gasteiger charge is 2.17. The van der Waals surface area contributed by atoms with Gasteiger partial charge in [0, 0.05) is 32.9 Å². The van der Waals surface area contributed by atoms with E-state index in [1.807, 2.05) is 18.2 Å². The zero-order valence-electron chi connectivity index (χ0n) is 16.2. The van der Waals surface area contributed by atoms with Crippen molar-refractivity contribution in [2.24, 2.45) is 0 Å². The number of morpholine rings is 1. The molecule has 3 heterocycles. The molecule has 3 aromatic rings. The molecule has 1 aliphatic heterocycles. The van der Waals surface area contributed by atoms with Crippen LogP contribution in [-0.2, 0) is 16.1 Å². The van der Waals surface area contributed by atoms with E-state index in [9.17, 15) is 9.59 Å². The van der Waals surface area contributed by atoms with E-state index in [1.54, 1.807) is 25.4 Å². The Hall–Kier alpha value is -3.05. The Morgan fingerprint density at radius 1 is 1.28 bits per heavy atom. The maximum Gasteiger partial charge on any atom is 0.277 e. The second-order valence-corrected chi connectivity index (χ2v) is 7.83. The Kier molecular flexibility index (Phi) is 5.41. The average Bonchev–Trinajstić information content (AvgIpc) is 3.35. The van der Waals surface area contributed by atoms with Crippen LogP contribution in [0.3, 0.4) is 0 Å². The van der Waals surface area contributed by atoms with Gasteiger partial charge in [-0.25, -0.2) is 9.67 Å². The summed E-state index contributed by atoms with van der Waals surface area (Å²) in [4.78, 5) is 32.6. The molecule has 4 rings (SSSR count). The third-order valence-corrected chi connectivity index (χ3v) is 5.56. The lowest BCUT2D eigenvalue weighted by Gasteiger charge is -2.25. The molecule has 1 saturated heterocycles.